The summed E-state index contributed by atoms with van der Waals surface area (Å²) in [5.41, 5.74) is 11.9. The average Bonchev–Trinajstić information content (AvgIpc) is 2.39. The molecular formula is C16H19N. The standard InChI is InChI=1S/C16H19N/c1-3-12-5-6-15(11-13(12)4-2)14-7-9-16(17)10-8-14/h5-11H,3-4,17H2,1-2H3. The Morgan fingerprint density at radius 3 is 1.94 bits per heavy atom. The van der Waals surface area contributed by atoms with E-state index in [1.54, 1.807) is 0 Å². The summed E-state index contributed by atoms with van der Waals surface area (Å²) >= 11 is 0. The minimum absolute atomic E-state index is 0.814. The van der Waals surface area contributed by atoms with Gasteiger partial charge in [0, 0.05) is 5.69 Å². The first-order valence-electron chi connectivity index (χ1n) is 6.22. The molecule has 0 aliphatic rings. The van der Waals surface area contributed by atoms with Gasteiger partial charge in [0.15, 0.2) is 0 Å². The van der Waals surface area contributed by atoms with Crippen LogP contribution in [0.15, 0.2) is 42.5 Å². The zero-order valence-corrected chi connectivity index (χ0v) is 10.5. The van der Waals surface area contributed by atoms with Crippen LogP contribution in [0.2, 0.25) is 0 Å². The average molecular weight is 225 g/mol. The van der Waals surface area contributed by atoms with Gasteiger partial charge in [-0.2, -0.15) is 0 Å². The highest BCUT2D eigenvalue weighted by molar-refractivity contribution is 5.66. The van der Waals surface area contributed by atoms with Gasteiger partial charge in [0.25, 0.3) is 0 Å². The van der Waals surface area contributed by atoms with Crippen molar-refractivity contribution in [1.82, 2.24) is 0 Å². The number of aryl methyl sites for hydroxylation is 2. The Balaban J connectivity index is 2.42. The van der Waals surface area contributed by atoms with E-state index in [2.05, 4.69) is 44.2 Å². The molecule has 0 unspecified atom stereocenters. The van der Waals surface area contributed by atoms with Crippen LogP contribution in [0, 0.1) is 0 Å². The number of hydrogen-bond acceptors (Lipinski definition) is 1. The van der Waals surface area contributed by atoms with Crippen molar-refractivity contribution in [2.24, 2.45) is 0 Å². The van der Waals surface area contributed by atoms with Gasteiger partial charge in [0.1, 0.15) is 0 Å². The fraction of sp³-hybridized carbons (Fsp3) is 0.250. The summed E-state index contributed by atoms with van der Waals surface area (Å²) in [5.74, 6) is 0. The first-order chi connectivity index (χ1) is 8.24. The number of rotatable bonds is 3. The molecule has 0 fully saturated rings. The van der Waals surface area contributed by atoms with Crippen molar-refractivity contribution in [3.8, 4) is 11.1 Å². The van der Waals surface area contributed by atoms with Gasteiger partial charge in [-0.3, -0.25) is 0 Å². The van der Waals surface area contributed by atoms with Crippen molar-refractivity contribution in [2.45, 2.75) is 26.7 Å². The Bertz CT molecular complexity index is 497. The highest BCUT2D eigenvalue weighted by Crippen LogP contribution is 2.24. The van der Waals surface area contributed by atoms with E-state index in [0.29, 0.717) is 0 Å². The summed E-state index contributed by atoms with van der Waals surface area (Å²) in [7, 11) is 0. The summed E-state index contributed by atoms with van der Waals surface area (Å²) in [6.07, 6.45) is 2.19. The predicted octanol–water partition coefficient (Wildman–Crippen LogP) is 4.06. The molecule has 2 aromatic carbocycles. The Morgan fingerprint density at radius 1 is 0.765 bits per heavy atom. The molecule has 0 aliphatic carbocycles. The maximum atomic E-state index is 5.71. The fourth-order valence-electron chi connectivity index (χ4n) is 2.16. The van der Waals surface area contributed by atoms with Crippen molar-refractivity contribution in [2.75, 3.05) is 5.73 Å². The van der Waals surface area contributed by atoms with E-state index >= 15 is 0 Å². The minimum atomic E-state index is 0.814. The molecule has 0 aromatic heterocycles. The number of hydrogen-bond donors (Lipinski definition) is 1. The highest BCUT2D eigenvalue weighted by atomic mass is 14.5. The predicted molar refractivity (Wildman–Crippen MR) is 75.0 cm³/mol. The fourth-order valence-corrected chi connectivity index (χ4v) is 2.16. The number of nitrogen functional groups attached to an aromatic ring is 1. The summed E-state index contributed by atoms with van der Waals surface area (Å²) in [5, 5.41) is 0. The van der Waals surface area contributed by atoms with Gasteiger partial charge in [0.2, 0.25) is 0 Å². The van der Waals surface area contributed by atoms with E-state index in [0.717, 1.165) is 18.5 Å². The third-order valence-corrected chi connectivity index (χ3v) is 3.21. The molecule has 0 aliphatic heterocycles. The maximum Gasteiger partial charge on any atom is 0.0314 e. The molecule has 2 rings (SSSR count). The van der Waals surface area contributed by atoms with Crippen LogP contribution in [-0.2, 0) is 12.8 Å². The van der Waals surface area contributed by atoms with Crippen molar-refractivity contribution < 1.29 is 0 Å². The zero-order valence-electron chi connectivity index (χ0n) is 10.5. The second kappa shape index (κ2) is 5.05. The summed E-state index contributed by atoms with van der Waals surface area (Å²) < 4.78 is 0. The van der Waals surface area contributed by atoms with E-state index in [-0.39, 0.29) is 0 Å². The molecule has 88 valence electrons. The summed E-state index contributed by atoms with van der Waals surface area (Å²) in [6, 6.07) is 14.8. The lowest BCUT2D eigenvalue weighted by atomic mass is 9.96. The van der Waals surface area contributed by atoms with Crippen LogP contribution in [-0.4, -0.2) is 0 Å². The lowest BCUT2D eigenvalue weighted by Gasteiger charge is -2.09. The second-order valence-corrected chi connectivity index (χ2v) is 4.31. The van der Waals surface area contributed by atoms with Crippen LogP contribution in [0.5, 0.6) is 0 Å². The Hall–Kier alpha value is -1.76. The first-order valence-corrected chi connectivity index (χ1v) is 6.22. The van der Waals surface area contributed by atoms with Crippen LogP contribution < -0.4 is 5.73 Å². The normalized spacial score (nSPS) is 10.5. The maximum absolute atomic E-state index is 5.71. The number of benzene rings is 2. The molecular weight excluding hydrogens is 206 g/mol. The van der Waals surface area contributed by atoms with E-state index in [4.69, 9.17) is 5.73 Å². The third-order valence-electron chi connectivity index (χ3n) is 3.21. The van der Waals surface area contributed by atoms with Gasteiger partial charge in [-0.05, 0) is 47.2 Å². The van der Waals surface area contributed by atoms with E-state index in [1.807, 2.05) is 12.1 Å². The molecule has 1 heteroatoms. The number of anilines is 1. The Labute approximate surface area is 103 Å². The van der Waals surface area contributed by atoms with Crippen molar-refractivity contribution in [3.05, 3.63) is 53.6 Å². The summed E-state index contributed by atoms with van der Waals surface area (Å²) in [6.45, 7) is 4.42. The SMILES string of the molecule is CCc1ccc(-c2ccc(N)cc2)cc1CC. The molecule has 0 amide bonds. The number of nitrogens with two attached hydrogens (primary N) is 1. The van der Waals surface area contributed by atoms with E-state index in [1.165, 1.54) is 22.3 Å². The topological polar surface area (TPSA) is 26.0 Å². The molecule has 0 saturated heterocycles. The first kappa shape index (κ1) is 11.7. The lowest BCUT2D eigenvalue weighted by molar-refractivity contribution is 1.04. The third kappa shape index (κ3) is 2.50. The molecule has 0 atom stereocenters. The molecule has 0 radical (unpaired) electrons. The molecule has 0 heterocycles. The van der Waals surface area contributed by atoms with Gasteiger partial charge in [-0.15, -0.1) is 0 Å². The molecule has 2 N–H and O–H groups in total. The molecule has 0 spiro atoms. The van der Waals surface area contributed by atoms with Crippen LogP contribution >= 0.6 is 0 Å². The molecule has 17 heavy (non-hydrogen) atoms. The lowest BCUT2D eigenvalue weighted by Crippen LogP contribution is -1.92. The van der Waals surface area contributed by atoms with Gasteiger partial charge in [0.05, 0.1) is 0 Å². The molecule has 0 bridgehead atoms. The van der Waals surface area contributed by atoms with Gasteiger partial charge in [-0.1, -0.05) is 44.2 Å². The largest absolute Gasteiger partial charge is 0.399 e. The van der Waals surface area contributed by atoms with Crippen LogP contribution in [0.4, 0.5) is 5.69 Å². The highest BCUT2D eigenvalue weighted by Gasteiger charge is 2.02. The molecule has 1 nitrogen and oxygen atoms in total. The second-order valence-electron chi connectivity index (χ2n) is 4.31. The summed E-state index contributed by atoms with van der Waals surface area (Å²) in [4.78, 5) is 0. The van der Waals surface area contributed by atoms with Crippen LogP contribution in [0.1, 0.15) is 25.0 Å². The quantitative estimate of drug-likeness (QED) is 0.783. The minimum Gasteiger partial charge on any atom is -0.399 e. The van der Waals surface area contributed by atoms with Gasteiger partial charge in [-0.25, -0.2) is 0 Å². The van der Waals surface area contributed by atoms with Crippen molar-refractivity contribution >= 4 is 5.69 Å². The smallest absolute Gasteiger partial charge is 0.0314 e. The van der Waals surface area contributed by atoms with Crippen LogP contribution in [0.3, 0.4) is 0 Å². The van der Waals surface area contributed by atoms with E-state index in [9.17, 15) is 0 Å². The van der Waals surface area contributed by atoms with E-state index < -0.39 is 0 Å². The Morgan fingerprint density at radius 2 is 1.35 bits per heavy atom. The van der Waals surface area contributed by atoms with Gasteiger partial charge < -0.3 is 5.73 Å². The van der Waals surface area contributed by atoms with Gasteiger partial charge >= 0.3 is 0 Å². The molecule has 0 saturated carbocycles. The van der Waals surface area contributed by atoms with Crippen molar-refractivity contribution in [3.63, 3.8) is 0 Å². The van der Waals surface area contributed by atoms with Crippen molar-refractivity contribution in [1.29, 1.82) is 0 Å². The monoisotopic (exact) mass is 225 g/mol. The molecule has 2 aromatic rings. The Kier molecular flexibility index (Phi) is 3.48. The van der Waals surface area contributed by atoms with Crippen LogP contribution in [0.25, 0.3) is 11.1 Å². The zero-order chi connectivity index (χ0) is 12.3.